The average molecular weight is 246 g/mol. The summed E-state index contributed by atoms with van der Waals surface area (Å²) in [7, 11) is 1.85. The normalized spacial score (nSPS) is 26.2. The Labute approximate surface area is 101 Å². The first-order valence-corrected chi connectivity index (χ1v) is 8.00. The summed E-state index contributed by atoms with van der Waals surface area (Å²) in [5.74, 6) is 0. The van der Waals surface area contributed by atoms with Crippen LogP contribution < -0.4 is 0 Å². The molecule has 1 saturated heterocycles. The molecule has 0 N–H and O–H groups in total. The van der Waals surface area contributed by atoms with Crippen LogP contribution in [0.5, 0.6) is 0 Å². The van der Waals surface area contributed by atoms with Crippen molar-refractivity contribution in [2.75, 3.05) is 20.8 Å². The summed E-state index contributed by atoms with van der Waals surface area (Å²) < 4.78 is 17.2. The van der Waals surface area contributed by atoms with Gasteiger partial charge < -0.3 is 13.6 Å². The lowest BCUT2D eigenvalue weighted by atomic mass is 10.0. The first-order chi connectivity index (χ1) is 7.79. The molecule has 0 aromatic heterocycles. The lowest BCUT2D eigenvalue weighted by Crippen LogP contribution is -2.53. The van der Waals surface area contributed by atoms with Crippen LogP contribution >= 0.6 is 0 Å². The van der Waals surface area contributed by atoms with Crippen LogP contribution in [0.15, 0.2) is 0 Å². The first kappa shape index (κ1) is 14.2. The summed E-state index contributed by atoms with van der Waals surface area (Å²) >= 11 is 0. The summed E-state index contributed by atoms with van der Waals surface area (Å²) in [5, 5.41) is -0.0586. The summed E-state index contributed by atoms with van der Waals surface area (Å²) in [4.78, 5) is 0. The molecule has 0 saturated carbocycles. The van der Waals surface area contributed by atoms with Crippen LogP contribution in [0.1, 0.15) is 51.9 Å². The van der Waals surface area contributed by atoms with Gasteiger partial charge in [0.05, 0.1) is 0 Å². The van der Waals surface area contributed by atoms with Gasteiger partial charge in [-0.3, -0.25) is 0 Å². The van der Waals surface area contributed by atoms with Gasteiger partial charge in [0.1, 0.15) is 5.22 Å². The fourth-order valence-electron chi connectivity index (χ4n) is 2.57. The van der Waals surface area contributed by atoms with E-state index in [2.05, 4.69) is 6.92 Å². The SMILES string of the molecule is CCCCCC1([SiH](OC)OC)CCCCO1. The molecule has 1 unspecified atom stereocenters. The van der Waals surface area contributed by atoms with Crippen molar-refractivity contribution in [2.24, 2.45) is 0 Å². The monoisotopic (exact) mass is 246 g/mol. The molecule has 1 fully saturated rings. The minimum atomic E-state index is -1.67. The molecule has 1 aliphatic rings. The molecule has 4 heteroatoms. The largest absolute Gasteiger partial charge is 0.398 e. The molecule has 1 heterocycles. The van der Waals surface area contributed by atoms with E-state index in [1.807, 2.05) is 0 Å². The lowest BCUT2D eigenvalue weighted by Gasteiger charge is -2.40. The highest BCUT2D eigenvalue weighted by molar-refractivity contribution is 6.48. The minimum Gasteiger partial charge on any atom is -0.398 e. The molecule has 0 amide bonds. The summed E-state index contributed by atoms with van der Waals surface area (Å²) in [5.41, 5.74) is 0. The van der Waals surface area contributed by atoms with Gasteiger partial charge in [0.2, 0.25) is 0 Å². The maximum absolute atomic E-state index is 6.07. The summed E-state index contributed by atoms with van der Waals surface area (Å²) in [6.07, 6.45) is 8.43. The maximum Gasteiger partial charge on any atom is 0.354 e. The summed E-state index contributed by atoms with van der Waals surface area (Å²) in [6.45, 7) is 3.11. The smallest absolute Gasteiger partial charge is 0.354 e. The van der Waals surface area contributed by atoms with E-state index in [0.29, 0.717) is 0 Å². The lowest BCUT2D eigenvalue weighted by molar-refractivity contribution is -0.0529. The highest BCUT2D eigenvalue weighted by atomic mass is 28.3. The molecule has 16 heavy (non-hydrogen) atoms. The Kier molecular flexibility index (Phi) is 6.57. The molecule has 0 bridgehead atoms. The maximum atomic E-state index is 6.07. The van der Waals surface area contributed by atoms with Crippen molar-refractivity contribution in [1.82, 2.24) is 0 Å². The second kappa shape index (κ2) is 7.43. The van der Waals surface area contributed by atoms with Gasteiger partial charge in [-0.15, -0.1) is 0 Å². The Balaban J connectivity index is 2.58. The van der Waals surface area contributed by atoms with Crippen molar-refractivity contribution in [1.29, 1.82) is 0 Å². The number of hydrogen-bond donors (Lipinski definition) is 0. The fourth-order valence-corrected chi connectivity index (χ4v) is 4.76. The van der Waals surface area contributed by atoms with Gasteiger partial charge in [-0.2, -0.15) is 0 Å². The van der Waals surface area contributed by atoms with Crippen LogP contribution in [0, 0.1) is 0 Å². The second-order valence-corrected chi connectivity index (χ2v) is 7.29. The van der Waals surface area contributed by atoms with E-state index < -0.39 is 9.28 Å². The second-order valence-electron chi connectivity index (χ2n) is 4.63. The Hall–Kier alpha value is 0.0969. The zero-order chi connectivity index (χ0) is 11.9. The Morgan fingerprint density at radius 2 is 1.94 bits per heavy atom. The third kappa shape index (κ3) is 3.55. The van der Waals surface area contributed by atoms with Gasteiger partial charge in [0.25, 0.3) is 0 Å². The molecular formula is C12H26O3Si. The van der Waals surface area contributed by atoms with Gasteiger partial charge in [-0.1, -0.05) is 26.2 Å². The van der Waals surface area contributed by atoms with Gasteiger partial charge in [0, 0.05) is 20.8 Å². The zero-order valence-corrected chi connectivity index (χ0v) is 12.1. The predicted octanol–water partition coefficient (Wildman–Crippen LogP) is 2.56. The quantitative estimate of drug-likeness (QED) is 0.510. The molecule has 1 rings (SSSR count). The van der Waals surface area contributed by atoms with E-state index in [-0.39, 0.29) is 5.22 Å². The van der Waals surface area contributed by atoms with Crippen molar-refractivity contribution < 1.29 is 13.6 Å². The molecular weight excluding hydrogens is 220 g/mol. The third-order valence-electron chi connectivity index (χ3n) is 3.45. The molecule has 0 aromatic carbocycles. The number of unbranched alkanes of at least 4 members (excludes halogenated alkanes) is 2. The van der Waals surface area contributed by atoms with Gasteiger partial charge >= 0.3 is 9.28 Å². The predicted molar refractivity (Wildman–Crippen MR) is 67.8 cm³/mol. The molecule has 1 atom stereocenters. The topological polar surface area (TPSA) is 27.7 Å². The first-order valence-electron chi connectivity index (χ1n) is 6.48. The molecule has 1 aliphatic heterocycles. The van der Waals surface area contributed by atoms with Crippen molar-refractivity contribution in [2.45, 2.75) is 57.1 Å². The molecule has 0 radical (unpaired) electrons. The van der Waals surface area contributed by atoms with Gasteiger partial charge in [-0.05, 0) is 25.7 Å². The molecule has 3 nitrogen and oxygen atoms in total. The third-order valence-corrected chi connectivity index (χ3v) is 5.90. The molecule has 0 spiro atoms. The van der Waals surface area contributed by atoms with E-state index in [1.54, 1.807) is 14.2 Å². The Morgan fingerprint density at radius 3 is 2.44 bits per heavy atom. The van der Waals surface area contributed by atoms with Crippen LogP contribution in [-0.4, -0.2) is 35.3 Å². The Bertz CT molecular complexity index is 177. The van der Waals surface area contributed by atoms with Crippen LogP contribution in [-0.2, 0) is 13.6 Å². The fraction of sp³-hybridized carbons (Fsp3) is 1.00. The highest BCUT2D eigenvalue weighted by Crippen LogP contribution is 2.33. The van der Waals surface area contributed by atoms with Gasteiger partial charge in [-0.25, -0.2) is 0 Å². The van der Waals surface area contributed by atoms with Crippen LogP contribution in [0.2, 0.25) is 0 Å². The van der Waals surface area contributed by atoms with E-state index in [4.69, 9.17) is 13.6 Å². The molecule has 0 aliphatic carbocycles. The van der Waals surface area contributed by atoms with Crippen LogP contribution in [0.25, 0.3) is 0 Å². The van der Waals surface area contributed by atoms with E-state index in [9.17, 15) is 0 Å². The average Bonchev–Trinajstić information content (AvgIpc) is 2.32. The molecule has 0 aromatic rings. The standard InChI is InChI=1S/C12H26O3Si/c1-4-5-6-9-12(16(13-2)14-3)10-7-8-11-15-12/h16H,4-11H2,1-3H3. The van der Waals surface area contributed by atoms with E-state index in [1.165, 1.54) is 32.1 Å². The van der Waals surface area contributed by atoms with Gasteiger partial charge in [0.15, 0.2) is 0 Å². The number of ether oxygens (including phenoxy) is 1. The highest BCUT2D eigenvalue weighted by Gasteiger charge is 2.44. The number of hydrogen-bond acceptors (Lipinski definition) is 3. The summed E-state index contributed by atoms with van der Waals surface area (Å²) in [6, 6.07) is 0. The zero-order valence-electron chi connectivity index (χ0n) is 11.0. The van der Waals surface area contributed by atoms with E-state index >= 15 is 0 Å². The number of rotatable bonds is 7. The van der Waals surface area contributed by atoms with Crippen LogP contribution in [0.3, 0.4) is 0 Å². The minimum absolute atomic E-state index is 0.0586. The van der Waals surface area contributed by atoms with Crippen molar-refractivity contribution in [3.05, 3.63) is 0 Å². The van der Waals surface area contributed by atoms with Crippen molar-refractivity contribution >= 4 is 9.28 Å². The Morgan fingerprint density at radius 1 is 1.19 bits per heavy atom. The molecule has 96 valence electrons. The van der Waals surface area contributed by atoms with E-state index in [0.717, 1.165) is 19.4 Å². The van der Waals surface area contributed by atoms with Crippen LogP contribution in [0.4, 0.5) is 0 Å². The van der Waals surface area contributed by atoms with Crippen molar-refractivity contribution in [3.63, 3.8) is 0 Å². The van der Waals surface area contributed by atoms with Crippen molar-refractivity contribution in [3.8, 4) is 0 Å².